The third-order valence-corrected chi connectivity index (χ3v) is 3.74. The molecule has 2 bridgehead atoms. The van der Waals surface area contributed by atoms with Crippen LogP contribution in [0.3, 0.4) is 0 Å². The molecule has 3 aliphatic rings. The molecular weight excluding hydrogens is 255 g/mol. The van der Waals surface area contributed by atoms with Gasteiger partial charge in [-0.15, -0.1) is 0 Å². The van der Waals surface area contributed by atoms with Crippen molar-refractivity contribution in [3.8, 4) is 28.7 Å². The first kappa shape index (κ1) is 9.00. The average Bonchev–Trinajstić information content (AvgIpc) is 2.79. The minimum Gasteiger partial charge on any atom is -0.504 e. The number of hydrogen-bond acceptors (Lipinski definition) is 8. The Morgan fingerprint density at radius 2 is 1.71 bits per heavy atom. The zero-order valence-electron chi connectivity index (χ0n) is 7.96. The Labute approximate surface area is 93.2 Å². The van der Waals surface area contributed by atoms with E-state index in [2.05, 4.69) is 4.74 Å². The van der Waals surface area contributed by atoms with Crippen LogP contribution in [0.15, 0.2) is 0 Å². The molecule has 88 valence electrons. The molecule has 0 fully saturated rings. The molecule has 9 heteroatoms. The third-order valence-electron chi connectivity index (χ3n) is 2.52. The van der Waals surface area contributed by atoms with Gasteiger partial charge in [0, 0.05) is 0 Å². The largest absolute Gasteiger partial charge is 0.647 e. The first-order chi connectivity index (χ1) is 8.07. The zero-order valence-corrected chi connectivity index (χ0v) is 8.85. The number of aromatic hydroxyl groups is 1. The third kappa shape index (κ3) is 0.938. The van der Waals surface area contributed by atoms with Crippen LogP contribution >= 0.6 is 7.82 Å². The van der Waals surface area contributed by atoms with E-state index in [0.717, 1.165) is 0 Å². The number of rotatable bonds is 0. The highest BCUT2D eigenvalue weighted by Crippen LogP contribution is 2.74. The number of carbonyl (C=O) groups is 1. The van der Waals surface area contributed by atoms with Gasteiger partial charge in [0.1, 0.15) is 6.61 Å². The van der Waals surface area contributed by atoms with Crippen LogP contribution in [0.25, 0.3) is 0 Å². The summed E-state index contributed by atoms with van der Waals surface area (Å²) in [5.74, 6) is -0.459. The van der Waals surface area contributed by atoms with E-state index in [-0.39, 0.29) is 40.9 Å². The fourth-order valence-corrected chi connectivity index (χ4v) is 3.11. The molecule has 0 radical (unpaired) electrons. The van der Waals surface area contributed by atoms with Gasteiger partial charge in [0.05, 0.1) is 5.56 Å². The summed E-state index contributed by atoms with van der Waals surface area (Å²) in [5, 5.41) is 9.85. The summed E-state index contributed by atoms with van der Waals surface area (Å²) >= 11 is 0. The summed E-state index contributed by atoms with van der Waals surface area (Å²) in [6, 6.07) is 0. The molecule has 0 amide bonds. The molecule has 1 atom stereocenters. The average molecular weight is 258 g/mol. The Morgan fingerprint density at radius 3 is 2.47 bits per heavy atom. The molecule has 0 saturated carbocycles. The minimum absolute atomic E-state index is 0.000895. The molecule has 0 aromatic heterocycles. The van der Waals surface area contributed by atoms with Crippen LogP contribution in [-0.2, 0) is 15.9 Å². The molecule has 0 aliphatic carbocycles. The van der Waals surface area contributed by atoms with E-state index in [1.54, 1.807) is 0 Å². The van der Waals surface area contributed by atoms with Gasteiger partial charge in [0.2, 0.25) is 17.2 Å². The maximum Gasteiger partial charge on any atom is 0.647 e. The molecule has 0 saturated heterocycles. The van der Waals surface area contributed by atoms with Crippen LogP contribution < -0.4 is 18.3 Å². The van der Waals surface area contributed by atoms with Gasteiger partial charge in [-0.1, -0.05) is 0 Å². The highest BCUT2D eigenvalue weighted by atomic mass is 31.2. The Morgan fingerprint density at radius 1 is 1.06 bits per heavy atom. The van der Waals surface area contributed by atoms with Gasteiger partial charge in [-0.05, 0) is 0 Å². The SMILES string of the molecule is O=C1OCc2c(O)c3c4c(c2O1)OP(=O)(O3)O4. The van der Waals surface area contributed by atoms with Crippen molar-refractivity contribution in [1.29, 1.82) is 0 Å². The fraction of sp³-hybridized carbons (Fsp3) is 0.125. The molecule has 4 rings (SSSR count). The number of ether oxygens (including phenoxy) is 2. The van der Waals surface area contributed by atoms with Gasteiger partial charge >= 0.3 is 14.0 Å². The van der Waals surface area contributed by atoms with Gasteiger partial charge in [-0.25, -0.2) is 4.79 Å². The Hall–Kier alpha value is -2.08. The lowest BCUT2D eigenvalue weighted by atomic mass is 10.1. The second kappa shape index (κ2) is 2.43. The first-order valence-corrected chi connectivity index (χ1v) is 5.99. The molecule has 1 N–H and O–H groups in total. The van der Waals surface area contributed by atoms with Crippen LogP contribution in [-0.4, -0.2) is 11.3 Å². The van der Waals surface area contributed by atoms with Crippen LogP contribution in [0.5, 0.6) is 28.7 Å². The van der Waals surface area contributed by atoms with E-state index >= 15 is 0 Å². The molecule has 1 aromatic rings. The van der Waals surface area contributed by atoms with E-state index in [0.29, 0.717) is 0 Å². The van der Waals surface area contributed by atoms with Crippen molar-refractivity contribution in [2.75, 3.05) is 0 Å². The summed E-state index contributed by atoms with van der Waals surface area (Å²) in [4.78, 5) is 11.0. The normalized spacial score (nSPS) is 26.2. The summed E-state index contributed by atoms with van der Waals surface area (Å²) in [6.07, 6.45) is -0.932. The summed E-state index contributed by atoms with van der Waals surface area (Å²) in [6.45, 7) is -0.183. The van der Waals surface area contributed by atoms with Gasteiger partial charge in [0.15, 0.2) is 11.5 Å². The van der Waals surface area contributed by atoms with Crippen molar-refractivity contribution in [2.45, 2.75) is 6.61 Å². The van der Waals surface area contributed by atoms with Crippen molar-refractivity contribution in [3.63, 3.8) is 0 Å². The number of phosphoric ester groups is 1. The van der Waals surface area contributed by atoms with Gasteiger partial charge in [-0.2, -0.15) is 4.57 Å². The number of cyclic esters (lactones) is 1. The molecule has 8 nitrogen and oxygen atoms in total. The van der Waals surface area contributed by atoms with Gasteiger partial charge in [0.25, 0.3) is 0 Å². The summed E-state index contributed by atoms with van der Waals surface area (Å²) < 4.78 is 35.8. The number of carbonyl (C=O) groups excluding carboxylic acids is 1. The smallest absolute Gasteiger partial charge is 0.504 e. The van der Waals surface area contributed by atoms with Gasteiger partial charge in [-0.3, -0.25) is 0 Å². The number of phosphoric acid groups is 1. The lowest BCUT2D eigenvalue weighted by molar-refractivity contribution is 0.0758. The Kier molecular flexibility index (Phi) is 1.29. The zero-order chi connectivity index (χ0) is 11.8. The Bertz CT molecular complexity index is 635. The van der Waals surface area contributed by atoms with Crippen molar-refractivity contribution < 1.29 is 37.5 Å². The summed E-state index contributed by atoms with van der Waals surface area (Å²) in [7, 11) is -3.73. The number of phenolic OH excluding ortho intramolecular Hbond substituents is 1. The monoisotopic (exact) mass is 258 g/mol. The van der Waals surface area contributed by atoms with Crippen LogP contribution in [0.4, 0.5) is 4.79 Å². The van der Waals surface area contributed by atoms with Crippen molar-refractivity contribution in [3.05, 3.63) is 5.56 Å². The molecule has 3 aliphatic heterocycles. The molecule has 1 unspecified atom stereocenters. The van der Waals surface area contributed by atoms with Crippen LogP contribution in [0.2, 0.25) is 0 Å². The predicted octanol–water partition coefficient (Wildman–Crippen LogP) is 1.69. The lowest BCUT2D eigenvalue weighted by Gasteiger charge is -2.21. The fourth-order valence-electron chi connectivity index (χ4n) is 1.82. The predicted molar refractivity (Wildman–Crippen MR) is 48.4 cm³/mol. The van der Waals surface area contributed by atoms with Crippen LogP contribution in [0, 0.1) is 0 Å². The number of hydrogen-bond donors (Lipinski definition) is 1. The molecule has 1 aromatic carbocycles. The molecular formula is C8H3O8P. The van der Waals surface area contributed by atoms with Crippen molar-refractivity contribution in [1.82, 2.24) is 0 Å². The van der Waals surface area contributed by atoms with E-state index in [1.807, 2.05) is 0 Å². The number of fused-ring (bicyclic) bond motifs is 3. The maximum atomic E-state index is 11.7. The van der Waals surface area contributed by atoms with Crippen molar-refractivity contribution in [2.24, 2.45) is 0 Å². The number of phenols is 1. The topological polar surface area (TPSA) is 101 Å². The lowest BCUT2D eigenvalue weighted by Crippen LogP contribution is -2.18. The second-order valence-electron chi connectivity index (χ2n) is 3.51. The highest BCUT2D eigenvalue weighted by molar-refractivity contribution is 7.50. The van der Waals surface area contributed by atoms with E-state index in [9.17, 15) is 14.5 Å². The van der Waals surface area contributed by atoms with E-state index in [4.69, 9.17) is 18.3 Å². The van der Waals surface area contributed by atoms with Crippen LogP contribution in [0.1, 0.15) is 5.56 Å². The van der Waals surface area contributed by atoms with E-state index in [1.165, 1.54) is 0 Å². The maximum absolute atomic E-state index is 11.7. The Balaban J connectivity index is 2.05. The quantitative estimate of drug-likeness (QED) is 0.426. The summed E-state index contributed by atoms with van der Waals surface area (Å²) in [5.41, 5.74) is 0.190. The first-order valence-electron chi connectivity index (χ1n) is 4.53. The van der Waals surface area contributed by atoms with Crippen molar-refractivity contribution >= 4 is 14.0 Å². The molecule has 17 heavy (non-hydrogen) atoms. The number of benzene rings is 1. The molecule has 0 spiro atoms. The van der Waals surface area contributed by atoms with Gasteiger partial charge < -0.3 is 28.2 Å². The van der Waals surface area contributed by atoms with E-state index < -0.39 is 14.0 Å². The highest BCUT2D eigenvalue weighted by Gasteiger charge is 2.55. The second-order valence-corrected chi connectivity index (χ2v) is 4.95. The standard InChI is InChI=1S/C8H3O8P/c9-3-2-1-12-8(10)13-4(2)6-7-5(3)14-17(11,15-6)16-7/h9H,1H2. The minimum atomic E-state index is -3.73. The molecule has 3 heterocycles.